The molecule has 0 bridgehead atoms. The Kier molecular flexibility index (Phi) is 3.97. The number of hydrogen-bond donors (Lipinski definition) is 2. The van der Waals surface area contributed by atoms with Gasteiger partial charge in [-0.15, -0.1) is 0 Å². The van der Waals surface area contributed by atoms with Crippen molar-refractivity contribution < 1.29 is 5.11 Å². The van der Waals surface area contributed by atoms with E-state index < -0.39 is 0 Å². The van der Waals surface area contributed by atoms with E-state index in [9.17, 15) is 5.11 Å². The molecular formula is C16H24N2O. The van der Waals surface area contributed by atoms with Crippen molar-refractivity contribution >= 4 is 10.9 Å². The highest BCUT2D eigenvalue weighted by Gasteiger charge is 2.20. The summed E-state index contributed by atoms with van der Waals surface area (Å²) in [5.74, 6) is 0. The number of aliphatic hydroxyl groups excluding tert-OH is 1. The Labute approximate surface area is 115 Å². The van der Waals surface area contributed by atoms with E-state index >= 15 is 0 Å². The highest BCUT2D eigenvalue weighted by molar-refractivity contribution is 5.84. The van der Waals surface area contributed by atoms with Gasteiger partial charge in [0.1, 0.15) is 0 Å². The number of aromatic nitrogens is 1. The lowest BCUT2D eigenvalue weighted by Crippen LogP contribution is -2.33. The Morgan fingerprint density at radius 1 is 1.26 bits per heavy atom. The molecule has 2 N–H and O–H groups in total. The third-order valence-corrected chi connectivity index (χ3v) is 3.58. The standard InChI is InChI=1S/C16H24N2O/c1-12-14(9-18(4)10-16(2,3)11-19)13-7-5-6-8-15(13)17-12/h5-8,17,19H,9-11H2,1-4H3. The summed E-state index contributed by atoms with van der Waals surface area (Å²) in [5, 5.41) is 10.7. The largest absolute Gasteiger partial charge is 0.396 e. The van der Waals surface area contributed by atoms with Crippen LogP contribution in [0.4, 0.5) is 0 Å². The molecule has 0 aliphatic heterocycles. The molecule has 0 unspecified atom stereocenters. The van der Waals surface area contributed by atoms with Crippen molar-refractivity contribution in [2.75, 3.05) is 20.2 Å². The molecule has 0 aliphatic carbocycles. The van der Waals surface area contributed by atoms with Crippen LogP contribution in [0.5, 0.6) is 0 Å². The maximum Gasteiger partial charge on any atom is 0.0494 e. The van der Waals surface area contributed by atoms with E-state index in [-0.39, 0.29) is 12.0 Å². The number of aromatic amines is 1. The predicted molar refractivity (Wildman–Crippen MR) is 80.2 cm³/mol. The molecule has 0 aliphatic rings. The van der Waals surface area contributed by atoms with E-state index in [0.717, 1.165) is 13.1 Å². The van der Waals surface area contributed by atoms with E-state index in [2.05, 4.69) is 62.0 Å². The molecule has 0 atom stereocenters. The highest BCUT2D eigenvalue weighted by atomic mass is 16.3. The average Bonchev–Trinajstić information content (AvgIpc) is 2.66. The normalized spacial score (nSPS) is 12.5. The van der Waals surface area contributed by atoms with Gasteiger partial charge < -0.3 is 15.0 Å². The van der Waals surface area contributed by atoms with Crippen LogP contribution < -0.4 is 0 Å². The summed E-state index contributed by atoms with van der Waals surface area (Å²) in [6, 6.07) is 8.42. The van der Waals surface area contributed by atoms with Crippen molar-refractivity contribution in [3.63, 3.8) is 0 Å². The number of aliphatic hydroxyl groups is 1. The van der Waals surface area contributed by atoms with Gasteiger partial charge in [-0.1, -0.05) is 32.0 Å². The molecule has 19 heavy (non-hydrogen) atoms. The number of hydrogen-bond acceptors (Lipinski definition) is 2. The predicted octanol–water partition coefficient (Wildman–Crippen LogP) is 2.93. The minimum absolute atomic E-state index is 0.0607. The zero-order chi connectivity index (χ0) is 14.0. The minimum atomic E-state index is -0.0607. The molecule has 0 fully saturated rings. The van der Waals surface area contributed by atoms with Gasteiger partial charge in [-0.25, -0.2) is 0 Å². The quantitative estimate of drug-likeness (QED) is 0.867. The first kappa shape index (κ1) is 14.1. The molecule has 104 valence electrons. The molecule has 2 aromatic rings. The highest BCUT2D eigenvalue weighted by Crippen LogP contribution is 2.24. The fraction of sp³-hybridized carbons (Fsp3) is 0.500. The van der Waals surface area contributed by atoms with Crippen LogP contribution in [0, 0.1) is 12.3 Å². The molecule has 2 rings (SSSR count). The van der Waals surface area contributed by atoms with Crippen LogP contribution in [0.25, 0.3) is 10.9 Å². The van der Waals surface area contributed by atoms with Gasteiger partial charge in [-0.05, 0) is 25.6 Å². The smallest absolute Gasteiger partial charge is 0.0494 e. The molecule has 0 radical (unpaired) electrons. The van der Waals surface area contributed by atoms with Crippen LogP contribution in [0.2, 0.25) is 0 Å². The number of aryl methyl sites for hydroxylation is 1. The molecule has 0 saturated carbocycles. The van der Waals surface area contributed by atoms with Gasteiger partial charge in [0.15, 0.2) is 0 Å². The summed E-state index contributed by atoms with van der Waals surface area (Å²) in [7, 11) is 2.11. The second-order valence-corrected chi connectivity index (χ2v) is 6.27. The molecule has 3 heteroatoms. The van der Waals surface area contributed by atoms with Crippen molar-refractivity contribution in [2.45, 2.75) is 27.3 Å². The zero-order valence-corrected chi connectivity index (χ0v) is 12.3. The van der Waals surface area contributed by atoms with E-state index in [1.165, 1.54) is 22.2 Å². The summed E-state index contributed by atoms with van der Waals surface area (Å²) in [6.07, 6.45) is 0. The summed E-state index contributed by atoms with van der Waals surface area (Å²) < 4.78 is 0. The summed E-state index contributed by atoms with van der Waals surface area (Å²) in [6.45, 7) is 8.30. The van der Waals surface area contributed by atoms with Gasteiger partial charge in [0.05, 0.1) is 0 Å². The van der Waals surface area contributed by atoms with E-state index in [1.54, 1.807) is 0 Å². The topological polar surface area (TPSA) is 39.3 Å². The van der Waals surface area contributed by atoms with Crippen LogP contribution >= 0.6 is 0 Å². The van der Waals surface area contributed by atoms with Crippen molar-refractivity contribution in [1.29, 1.82) is 0 Å². The third-order valence-electron chi connectivity index (χ3n) is 3.58. The van der Waals surface area contributed by atoms with Gasteiger partial charge in [0.2, 0.25) is 0 Å². The first-order valence-electron chi connectivity index (χ1n) is 6.78. The Hall–Kier alpha value is -1.32. The van der Waals surface area contributed by atoms with Crippen molar-refractivity contribution in [2.24, 2.45) is 5.41 Å². The van der Waals surface area contributed by atoms with E-state index in [0.29, 0.717) is 0 Å². The molecule has 1 aromatic heterocycles. The molecule has 3 nitrogen and oxygen atoms in total. The molecule has 1 aromatic carbocycles. The SMILES string of the molecule is Cc1[nH]c2ccccc2c1CN(C)CC(C)(C)CO. The molecular weight excluding hydrogens is 236 g/mol. The van der Waals surface area contributed by atoms with Crippen LogP contribution in [-0.2, 0) is 6.54 Å². The number of fused-ring (bicyclic) bond motifs is 1. The van der Waals surface area contributed by atoms with Gasteiger partial charge in [-0.3, -0.25) is 0 Å². The number of nitrogens with zero attached hydrogens (tertiary/aromatic N) is 1. The minimum Gasteiger partial charge on any atom is -0.396 e. The number of benzene rings is 1. The first-order chi connectivity index (χ1) is 8.93. The van der Waals surface area contributed by atoms with Gasteiger partial charge in [0.25, 0.3) is 0 Å². The average molecular weight is 260 g/mol. The van der Waals surface area contributed by atoms with E-state index in [4.69, 9.17) is 0 Å². The monoisotopic (exact) mass is 260 g/mol. The van der Waals surface area contributed by atoms with Gasteiger partial charge >= 0.3 is 0 Å². The Bertz CT molecular complexity index is 557. The van der Waals surface area contributed by atoms with Crippen molar-refractivity contribution in [1.82, 2.24) is 9.88 Å². The second kappa shape index (κ2) is 5.35. The number of H-pyrrole nitrogens is 1. The fourth-order valence-corrected chi connectivity index (χ4v) is 2.64. The number of nitrogens with one attached hydrogen (secondary N) is 1. The second-order valence-electron chi connectivity index (χ2n) is 6.27. The summed E-state index contributed by atoms with van der Waals surface area (Å²) in [5.41, 5.74) is 3.72. The fourth-order valence-electron chi connectivity index (χ4n) is 2.64. The third kappa shape index (κ3) is 3.17. The van der Waals surface area contributed by atoms with Crippen LogP contribution in [0.15, 0.2) is 24.3 Å². The number of para-hydroxylation sites is 1. The van der Waals surface area contributed by atoms with Crippen molar-refractivity contribution in [3.05, 3.63) is 35.5 Å². The molecule has 1 heterocycles. The zero-order valence-electron chi connectivity index (χ0n) is 12.3. The van der Waals surface area contributed by atoms with Gasteiger partial charge in [0, 0.05) is 41.7 Å². The lowest BCUT2D eigenvalue weighted by Gasteiger charge is -2.28. The summed E-state index contributed by atoms with van der Waals surface area (Å²) >= 11 is 0. The van der Waals surface area contributed by atoms with Gasteiger partial charge in [-0.2, -0.15) is 0 Å². The lowest BCUT2D eigenvalue weighted by atomic mass is 9.94. The van der Waals surface area contributed by atoms with Crippen molar-refractivity contribution in [3.8, 4) is 0 Å². The number of rotatable bonds is 5. The Morgan fingerprint density at radius 2 is 1.95 bits per heavy atom. The maximum atomic E-state index is 9.36. The molecule has 0 amide bonds. The van der Waals surface area contributed by atoms with E-state index in [1.807, 2.05) is 0 Å². The Morgan fingerprint density at radius 3 is 2.63 bits per heavy atom. The maximum absolute atomic E-state index is 9.36. The lowest BCUT2D eigenvalue weighted by molar-refractivity contribution is 0.112. The van der Waals surface area contributed by atoms with Crippen LogP contribution in [-0.4, -0.2) is 35.2 Å². The van der Waals surface area contributed by atoms with Crippen LogP contribution in [0.3, 0.4) is 0 Å². The first-order valence-corrected chi connectivity index (χ1v) is 6.78. The summed E-state index contributed by atoms with van der Waals surface area (Å²) in [4.78, 5) is 5.71. The molecule has 0 spiro atoms. The molecule has 0 saturated heterocycles. The Balaban J connectivity index is 2.19. The van der Waals surface area contributed by atoms with Crippen LogP contribution in [0.1, 0.15) is 25.1 Å².